The van der Waals surface area contributed by atoms with E-state index in [0.29, 0.717) is 6.42 Å². The van der Waals surface area contributed by atoms with Crippen molar-refractivity contribution in [1.29, 1.82) is 0 Å². The number of anilines is 2. The van der Waals surface area contributed by atoms with Gasteiger partial charge >= 0.3 is 0 Å². The van der Waals surface area contributed by atoms with Crippen molar-refractivity contribution in [2.45, 2.75) is 51.4 Å². The van der Waals surface area contributed by atoms with E-state index in [1.165, 1.54) is 24.0 Å². The topological polar surface area (TPSA) is 104 Å². The zero-order chi connectivity index (χ0) is 27.7. The van der Waals surface area contributed by atoms with Crippen molar-refractivity contribution in [2.24, 2.45) is 5.92 Å². The van der Waals surface area contributed by atoms with E-state index in [1.54, 1.807) is 7.11 Å². The third-order valence-corrected chi connectivity index (χ3v) is 8.26. The highest BCUT2D eigenvalue weighted by Gasteiger charge is 2.35. The Balaban J connectivity index is 1.40. The van der Waals surface area contributed by atoms with Crippen molar-refractivity contribution in [1.82, 2.24) is 9.97 Å². The summed E-state index contributed by atoms with van der Waals surface area (Å²) >= 11 is 6.04. The quantitative estimate of drug-likeness (QED) is 0.159. The Labute approximate surface area is 237 Å². The maximum Gasteiger partial charge on any atom is 0.185 e. The summed E-state index contributed by atoms with van der Waals surface area (Å²) in [5.41, 5.74) is 14.5. The lowest BCUT2D eigenvalue weighted by Crippen LogP contribution is -2.55. The first kappa shape index (κ1) is 28.8. The maximum absolute atomic E-state index is 13.2. The van der Waals surface area contributed by atoms with Crippen molar-refractivity contribution >= 4 is 29.0 Å². The molecule has 208 valence electrons. The molecule has 1 saturated heterocycles. The number of carbonyl (C=O) groups excluding carboxylic acids is 1. The standard InChI is InChI=1S/C31H40ClN5O2/c1-39-26-16-14-24(15-17-26)12-7-19-37(18-6-5-11-23-9-3-2-4-10-23)20-8-13-25(22-37)21-27(38)28-30(33)36-31(34)29(32)35-28/h2-4,9-10,14-17,25H,5-8,11-13,18-22H2,1H3,(H3-,33,34,36,38)/p+1. The third kappa shape index (κ3) is 8.16. The first-order chi connectivity index (χ1) is 18.9. The molecule has 8 heteroatoms. The number of unbranched alkanes of at least 4 members (excludes halogenated alkanes) is 1. The first-order valence-corrected chi connectivity index (χ1v) is 14.4. The number of benzene rings is 2. The van der Waals surface area contributed by atoms with Crippen molar-refractivity contribution in [2.75, 3.05) is 44.8 Å². The number of ether oxygens (including phenoxy) is 1. The molecule has 2 unspecified atom stereocenters. The van der Waals surface area contributed by atoms with Gasteiger partial charge in [0.15, 0.2) is 22.6 Å². The van der Waals surface area contributed by atoms with Gasteiger partial charge in [-0.25, -0.2) is 9.97 Å². The molecular formula is C31H41ClN5O2+. The van der Waals surface area contributed by atoms with Crippen molar-refractivity contribution in [3.8, 4) is 5.75 Å². The lowest BCUT2D eigenvalue weighted by molar-refractivity contribution is -0.936. The highest BCUT2D eigenvalue weighted by Crippen LogP contribution is 2.30. The Morgan fingerprint density at radius 3 is 2.38 bits per heavy atom. The molecule has 7 nitrogen and oxygen atoms in total. The number of rotatable bonds is 13. The summed E-state index contributed by atoms with van der Waals surface area (Å²) in [6.07, 6.45) is 8.14. The highest BCUT2D eigenvalue weighted by atomic mass is 35.5. The molecule has 4 N–H and O–H groups in total. The Bertz CT molecular complexity index is 1220. The number of quaternary nitrogens is 1. The van der Waals surface area contributed by atoms with Gasteiger partial charge in [0.05, 0.1) is 33.3 Å². The minimum atomic E-state index is -0.103. The summed E-state index contributed by atoms with van der Waals surface area (Å²) in [5.74, 6) is 1.16. The fourth-order valence-electron chi connectivity index (χ4n) is 5.97. The molecule has 0 spiro atoms. The number of piperidine rings is 1. The molecule has 0 radical (unpaired) electrons. The number of likely N-dealkylation sites (tertiary alicyclic amines) is 1. The highest BCUT2D eigenvalue weighted by molar-refractivity contribution is 6.31. The van der Waals surface area contributed by atoms with Gasteiger partial charge in [-0.05, 0) is 61.8 Å². The summed E-state index contributed by atoms with van der Waals surface area (Å²) in [4.78, 5) is 21.3. The lowest BCUT2D eigenvalue weighted by Gasteiger charge is -2.45. The van der Waals surface area contributed by atoms with Gasteiger partial charge in [-0.15, -0.1) is 0 Å². The van der Waals surface area contributed by atoms with E-state index < -0.39 is 0 Å². The summed E-state index contributed by atoms with van der Waals surface area (Å²) in [6, 6.07) is 19.1. The number of hydrogen-bond donors (Lipinski definition) is 2. The molecule has 1 aliphatic heterocycles. The van der Waals surface area contributed by atoms with Crippen LogP contribution in [0.5, 0.6) is 5.75 Å². The van der Waals surface area contributed by atoms with Gasteiger partial charge in [-0.3, -0.25) is 4.79 Å². The van der Waals surface area contributed by atoms with E-state index >= 15 is 0 Å². The number of aryl methyl sites for hydroxylation is 2. The van der Waals surface area contributed by atoms with Gasteiger partial charge in [0.1, 0.15) is 11.4 Å². The van der Waals surface area contributed by atoms with E-state index in [-0.39, 0.29) is 34.2 Å². The Morgan fingerprint density at radius 1 is 0.949 bits per heavy atom. The largest absolute Gasteiger partial charge is 0.497 e. The van der Waals surface area contributed by atoms with Crippen LogP contribution >= 0.6 is 11.6 Å². The van der Waals surface area contributed by atoms with Gasteiger partial charge in [0.2, 0.25) is 0 Å². The van der Waals surface area contributed by atoms with Gasteiger partial charge < -0.3 is 20.7 Å². The fraction of sp³-hybridized carbons (Fsp3) is 0.452. The van der Waals surface area contributed by atoms with Crippen LogP contribution in [0.2, 0.25) is 5.15 Å². The number of halogens is 1. The van der Waals surface area contributed by atoms with Gasteiger partial charge in [-0.2, -0.15) is 0 Å². The van der Waals surface area contributed by atoms with Crippen LogP contribution < -0.4 is 16.2 Å². The number of nitrogen functional groups attached to an aromatic ring is 2. The van der Waals surface area contributed by atoms with Gasteiger partial charge in [0, 0.05) is 18.8 Å². The van der Waals surface area contributed by atoms with E-state index in [9.17, 15) is 4.79 Å². The predicted octanol–water partition coefficient (Wildman–Crippen LogP) is 5.76. The molecule has 2 aromatic carbocycles. The molecule has 2 atom stereocenters. The maximum atomic E-state index is 13.2. The Kier molecular flexibility index (Phi) is 10.2. The zero-order valence-corrected chi connectivity index (χ0v) is 23.7. The second kappa shape index (κ2) is 13.8. The summed E-state index contributed by atoms with van der Waals surface area (Å²) in [5, 5.41) is 0.0262. The predicted molar refractivity (Wildman–Crippen MR) is 158 cm³/mol. The molecule has 1 fully saturated rings. The molecule has 4 rings (SSSR count). The molecule has 0 saturated carbocycles. The number of ketones is 1. The molecule has 3 aromatic rings. The second-order valence-electron chi connectivity index (χ2n) is 10.9. The average Bonchev–Trinajstić information content (AvgIpc) is 2.94. The lowest BCUT2D eigenvalue weighted by atomic mass is 9.89. The minimum Gasteiger partial charge on any atom is -0.497 e. The van der Waals surface area contributed by atoms with Gasteiger partial charge in [-0.1, -0.05) is 54.1 Å². The van der Waals surface area contributed by atoms with Crippen LogP contribution in [0.1, 0.15) is 60.1 Å². The van der Waals surface area contributed by atoms with E-state index in [4.69, 9.17) is 27.8 Å². The van der Waals surface area contributed by atoms with Crippen LogP contribution in [-0.4, -0.2) is 53.5 Å². The molecule has 0 bridgehead atoms. The smallest absolute Gasteiger partial charge is 0.185 e. The normalized spacial score (nSPS) is 19.1. The molecular weight excluding hydrogens is 510 g/mol. The average molecular weight is 551 g/mol. The van der Waals surface area contributed by atoms with E-state index in [1.807, 2.05) is 12.1 Å². The number of methoxy groups -OCH3 is 1. The zero-order valence-electron chi connectivity index (χ0n) is 22.9. The number of nitrogens with two attached hydrogens (primary N) is 2. The molecule has 1 aromatic heterocycles. The van der Waals surface area contributed by atoms with Crippen molar-refractivity contribution in [3.63, 3.8) is 0 Å². The molecule has 0 amide bonds. The van der Waals surface area contributed by atoms with Crippen LogP contribution in [-0.2, 0) is 12.8 Å². The molecule has 39 heavy (non-hydrogen) atoms. The monoisotopic (exact) mass is 550 g/mol. The number of carbonyl (C=O) groups is 1. The van der Waals surface area contributed by atoms with Crippen LogP contribution in [0.25, 0.3) is 0 Å². The van der Waals surface area contributed by atoms with Crippen LogP contribution in [0.3, 0.4) is 0 Å². The van der Waals surface area contributed by atoms with Gasteiger partial charge in [0.25, 0.3) is 0 Å². The fourth-order valence-corrected chi connectivity index (χ4v) is 6.09. The molecule has 0 aliphatic carbocycles. The molecule has 1 aliphatic rings. The van der Waals surface area contributed by atoms with Crippen LogP contribution in [0.4, 0.5) is 11.6 Å². The SMILES string of the molecule is COc1ccc(CCC[N+]2(CCCCc3ccccc3)CCCC(CC(=O)c3nc(Cl)c(N)nc3N)C2)cc1. The van der Waals surface area contributed by atoms with Crippen molar-refractivity contribution < 1.29 is 14.0 Å². The first-order valence-electron chi connectivity index (χ1n) is 14.0. The number of Topliss-reactive ketones (excluding diaryl/α,β-unsaturated/α-hetero) is 1. The Hall–Kier alpha value is -3.16. The third-order valence-electron chi connectivity index (χ3n) is 7.98. The second-order valence-corrected chi connectivity index (χ2v) is 11.2. The number of aromatic nitrogens is 2. The number of hydrogen-bond acceptors (Lipinski definition) is 6. The summed E-state index contributed by atoms with van der Waals surface area (Å²) < 4.78 is 6.37. The Morgan fingerprint density at radius 2 is 1.64 bits per heavy atom. The van der Waals surface area contributed by atoms with E-state index in [0.717, 1.165) is 68.5 Å². The van der Waals surface area contributed by atoms with Crippen LogP contribution in [0, 0.1) is 5.92 Å². The minimum absolute atomic E-state index is 0.0262. The summed E-state index contributed by atoms with van der Waals surface area (Å²) in [7, 11) is 1.70. The van der Waals surface area contributed by atoms with Crippen molar-refractivity contribution in [3.05, 3.63) is 76.6 Å². The number of nitrogens with zero attached hydrogens (tertiary/aromatic N) is 3. The summed E-state index contributed by atoms with van der Waals surface area (Å²) in [6.45, 7) is 4.40. The van der Waals surface area contributed by atoms with Crippen LogP contribution in [0.15, 0.2) is 54.6 Å². The van der Waals surface area contributed by atoms with E-state index in [2.05, 4.69) is 52.4 Å². The molecule has 2 heterocycles.